The Kier molecular flexibility index (Phi) is 4.67. The number of carbonyl (C=O) groups excluding carboxylic acids is 1. The normalized spacial score (nSPS) is 17.6. The molecule has 1 heterocycles. The number of ether oxygens (including phenoxy) is 1. The van der Waals surface area contributed by atoms with Gasteiger partial charge in [0.2, 0.25) is 0 Å². The topological polar surface area (TPSA) is 70.1 Å². The van der Waals surface area contributed by atoms with Crippen LogP contribution in [0.3, 0.4) is 0 Å². The molecule has 0 radical (unpaired) electrons. The molecule has 6 heteroatoms. The number of carbonyl (C=O) groups is 2. The van der Waals surface area contributed by atoms with Crippen molar-refractivity contribution in [3.05, 3.63) is 24.3 Å². The zero-order valence-electron chi connectivity index (χ0n) is 12.3. The summed E-state index contributed by atoms with van der Waals surface area (Å²) in [7, 11) is 3.23. The predicted molar refractivity (Wildman–Crippen MR) is 78.8 cm³/mol. The van der Waals surface area contributed by atoms with E-state index in [0.717, 1.165) is 12.8 Å². The smallest absolute Gasteiger partial charge is 0.324 e. The summed E-state index contributed by atoms with van der Waals surface area (Å²) < 4.78 is 5.26. The first-order valence-electron chi connectivity index (χ1n) is 6.93. The number of urea groups is 1. The van der Waals surface area contributed by atoms with Gasteiger partial charge in [-0.15, -0.1) is 0 Å². The molecular formula is C15H20N2O4. The van der Waals surface area contributed by atoms with Crippen molar-refractivity contribution >= 4 is 17.7 Å². The largest absolute Gasteiger partial charge is 0.495 e. The van der Waals surface area contributed by atoms with Crippen molar-refractivity contribution in [1.82, 2.24) is 4.90 Å². The van der Waals surface area contributed by atoms with Gasteiger partial charge < -0.3 is 14.7 Å². The van der Waals surface area contributed by atoms with Crippen LogP contribution in [0.2, 0.25) is 0 Å². The highest BCUT2D eigenvalue weighted by Crippen LogP contribution is 2.29. The van der Waals surface area contributed by atoms with Gasteiger partial charge in [-0.05, 0) is 25.0 Å². The first-order chi connectivity index (χ1) is 10.0. The van der Waals surface area contributed by atoms with E-state index in [1.165, 1.54) is 4.90 Å². The maximum Gasteiger partial charge on any atom is 0.324 e. The number of methoxy groups -OCH3 is 1. The van der Waals surface area contributed by atoms with Crippen molar-refractivity contribution in [2.24, 2.45) is 0 Å². The molecule has 1 fully saturated rings. The Morgan fingerprint density at radius 3 is 2.81 bits per heavy atom. The lowest BCUT2D eigenvalue weighted by molar-refractivity contribution is -0.137. The number of para-hydroxylation sites is 2. The summed E-state index contributed by atoms with van der Waals surface area (Å²) in [6.45, 7) is 0.594. The van der Waals surface area contributed by atoms with Crippen LogP contribution in [0.4, 0.5) is 10.5 Å². The van der Waals surface area contributed by atoms with E-state index in [0.29, 0.717) is 18.0 Å². The predicted octanol–water partition coefficient (Wildman–Crippen LogP) is 2.19. The zero-order chi connectivity index (χ0) is 15.4. The van der Waals surface area contributed by atoms with Gasteiger partial charge in [0.25, 0.3) is 0 Å². The summed E-state index contributed by atoms with van der Waals surface area (Å²) in [6.07, 6.45) is 1.56. The molecule has 0 bridgehead atoms. The first-order valence-corrected chi connectivity index (χ1v) is 6.93. The van der Waals surface area contributed by atoms with Crippen LogP contribution in [0, 0.1) is 0 Å². The van der Waals surface area contributed by atoms with E-state index < -0.39 is 5.97 Å². The number of carboxylic acid groups (broad SMARTS) is 1. The Balaban J connectivity index is 2.16. The second-order valence-corrected chi connectivity index (χ2v) is 5.10. The van der Waals surface area contributed by atoms with E-state index in [2.05, 4.69) is 0 Å². The second kappa shape index (κ2) is 6.47. The summed E-state index contributed by atoms with van der Waals surface area (Å²) in [5.74, 6) is -0.262. The maximum atomic E-state index is 12.6. The third kappa shape index (κ3) is 3.26. The molecule has 1 aliphatic heterocycles. The quantitative estimate of drug-likeness (QED) is 0.923. The van der Waals surface area contributed by atoms with Gasteiger partial charge in [0, 0.05) is 19.6 Å². The number of anilines is 1. The van der Waals surface area contributed by atoms with Gasteiger partial charge >= 0.3 is 12.0 Å². The van der Waals surface area contributed by atoms with E-state index in [1.807, 2.05) is 12.1 Å². The summed E-state index contributed by atoms with van der Waals surface area (Å²) in [4.78, 5) is 26.7. The van der Waals surface area contributed by atoms with Crippen LogP contribution in [0.5, 0.6) is 5.75 Å². The van der Waals surface area contributed by atoms with Crippen LogP contribution < -0.4 is 9.64 Å². The first kappa shape index (κ1) is 15.2. The highest BCUT2D eigenvalue weighted by atomic mass is 16.5. The highest BCUT2D eigenvalue weighted by Gasteiger charge is 2.32. The molecule has 1 saturated heterocycles. The van der Waals surface area contributed by atoms with Crippen LogP contribution >= 0.6 is 0 Å². The van der Waals surface area contributed by atoms with Gasteiger partial charge in [-0.2, -0.15) is 0 Å². The number of nitrogens with zero attached hydrogens (tertiary/aromatic N) is 2. The number of hydrogen-bond acceptors (Lipinski definition) is 3. The minimum absolute atomic E-state index is 0.00843. The van der Waals surface area contributed by atoms with E-state index in [1.54, 1.807) is 31.2 Å². The molecule has 1 unspecified atom stereocenters. The van der Waals surface area contributed by atoms with Gasteiger partial charge in [0.05, 0.1) is 19.2 Å². The van der Waals surface area contributed by atoms with Gasteiger partial charge in [-0.1, -0.05) is 12.1 Å². The number of rotatable bonds is 4. The number of benzene rings is 1. The Bertz CT molecular complexity index is 532. The molecule has 0 aromatic heterocycles. The summed E-state index contributed by atoms with van der Waals surface area (Å²) in [5.41, 5.74) is 0.672. The van der Waals surface area contributed by atoms with Gasteiger partial charge in [-0.3, -0.25) is 9.69 Å². The molecule has 2 rings (SSSR count). The molecule has 21 heavy (non-hydrogen) atoms. The Hall–Kier alpha value is -2.24. The summed E-state index contributed by atoms with van der Waals surface area (Å²) in [5, 5.41) is 8.94. The van der Waals surface area contributed by atoms with Gasteiger partial charge in [0.1, 0.15) is 5.75 Å². The Labute approximate surface area is 123 Å². The standard InChI is InChI=1S/C15H20N2O4/c1-16(12-7-3-4-8-13(12)21-2)15(20)17-9-5-6-11(17)10-14(18)19/h3-4,7-8,11H,5-6,9-10H2,1-2H3,(H,18,19). The van der Waals surface area contributed by atoms with E-state index in [-0.39, 0.29) is 18.5 Å². The molecule has 1 atom stereocenters. The minimum atomic E-state index is -0.875. The van der Waals surface area contributed by atoms with Crippen LogP contribution in [0.25, 0.3) is 0 Å². The van der Waals surface area contributed by atoms with Crippen LogP contribution in [-0.4, -0.2) is 48.8 Å². The summed E-state index contributed by atoms with van der Waals surface area (Å²) in [6, 6.07) is 6.84. The van der Waals surface area contributed by atoms with E-state index >= 15 is 0 Å². The fourth-order valence-corrected chi connectivity index (χ4v) is 2.70. The molecular weight excluding hydrogens is 272 g/mol. The highest BCUT2D eigenvalue weighted by molar-refractivity contribution is 5.93. The van der Waals surface area contributed by atoms with E-state index in [9.17, 15) is 9.59 Å². The molecule has 1 aliphatic rings. The molecule has 1 aromatic rings. The lowest BCUT2D eigenvalue weighted by Gasteiger charge is -2.29. The Morgan fingerprint density at radius 1 is 1.43 bits per heavy atom. The summed E-state index contributed by atoms with van der Waals surface area (Å²) >= 11 is 0. The SMILES string of the molecule is COc1ccccc1N(C)C(=O)N1CCCC1CC(=O)O. The van der Waals surface area contributed by atoms with Crippen LogP contribution in [-0.2, 0) is 4.79 Å². The number of likely N-dealkylation sites (tertiary alicyclic amines) is 1. The molecule has 2 amide bonds. The number of hydrogen-bond donors (Lipinski definition) is 1. The van der Waals surface area contributed by atoms with Crippen molar-refractivity contribution in [2.75, 3.05) is 25.6 Å². The second-order valence-electron chi connectivity index (χ2n) is 5.10. The molecule has 1 aromatic carbocycles. The Morgan fingerprint density at radius 2 is 2.14 bits per heavy atom. The zero-order valence-corrected chi connectivity index (χ0v) is 12.3. The average molecular weight is 292 g/mol. The maximum absolute atomic E-state index is 12.6. The van der Waals surface area contributed by atoms with Gasteiger partial charge in [0.15, 0.2) is 0 Å². The molecule has 0 saturated carbocycles. The molecule has 6 nitrogen and oxygen atoms in total. The third-order valence-corrected chi connectivity index (χ3v) is 3.77. The van der Waals surface area contributed by atoms with E-state index in [4.69, 9.17) is 9.84 Å². The monoisotopic (exact) mass is 292 g/mol. The average Bonchev–Trinajstić information content (AvgIpc) is 2.92. The number of carboxylic acids is 1. The molecule has 114 valence electrons. The number of amides is 2. The number of aliphatic carboxylic acids is 1. The van der Waals surface area contributed by atoms with Crippen molar-refractivity contribution < 1.29 is 19.4 Å². The fourth-order valence-electron chi connectivity index (χ4n) is 2.70. The van der Waals surface area contributed by atoms with Crippen molar-refractivity contribution in [1.29, 1.82) is 0 Å². The van der Waals surface area contributed by atoms with Crippen molar-refractivity contribution in [3.63, 3.8) is 0 Å². The third-order valence-electron chi connectivity index (χ3n) is 3.77. The lowest BCUT2D eigenvalue weighted by Crippen LogP contribution is -2.44. The minimum Gasteiger partial charge on any atom is -0.495 e. The van der Waals surface area contributed by atoms with Crippen molar-refractivity contribution in [2.45, 2.75) is 25.3 Å². The molecule has 0 aliphatic carbocycles. The van der Waals surface area contributed by atoms with Crippen molar-refractivity contribution in [3.8, 4) is 5.75 Å². The van der Waals surface area contributed by atoms with Crippen LogP contribution in [0.1, 0.15) is 19.3 Å². The molecule has 0 spiro atoms. The lowest BCUT2D eigenvalue weighted by atomic mass is 10.1. The fraction of sp³-hybridized carbons (Fsp3) is 0.467. The molecule has 1 N–H and O–H groups in total. The van der Waals surface area contributed by atoms with Gasteiger partial charge in [-0.25, -0.2) is 4.79 Å². The van der Waals surface area contributed by atoms with Crippen LogP contribution in [0.15, 0.2) is 24.3 Å².